The second-order valence-corrected chi connectivity index (χ2v) is 5.89. The van der Waals surface area contributed by atoms with Crippen LogP contribution in [0.1, 0.15) is 16.7 Å². The average molecular weight is 288 g/mol. The summed E-state index contributed by atoms with van der Waals surface area (Å²) in [6.45, 7) is 1.83. The molecule has 0 amide bonds. The number of hydrogen-bond acceptors (Lipinski definition) is 3. The van der Waals surface area contributed by atoms with Gasteiger partial charge in [0, 0.05) is 10.6 Å². The molecule has 0 spiro atoms. The normalized spacial score (nSPS) is 11.8. The van der Waals surface area contributed by atoms with E-state index < -0.39 is 16.6 Å². The minimum absolute atomic E-state index is 0.164. The van der Waals surface area contributed by atoms with Gasteiger partial charge in [-0.05, 0) is 54.4 Å². The molecular weight excluding hydrogens is 275 g/mol. The summed E-state index contributed by atoms with van der Waals surface area (Å²) in [5.41, 5.74) is 7.86. The Morgan fingerprint density at radius 2 is 2.05 bits per heavy atom. The first-order valence-electron chi connectivity index (χ1n) is 5.93. The number of benzene rings is 2. The van der Waals surface area contributed by atoms with E-state index in [-0.39, 0.29) is 11.3 Å². The maximum Gasteiger partial charge on any atom is 0.124 e. The minimum Gasteiger partial charge on any atom is -0.399 e. The van der Waals surface area contributed by atoms with Gasteiger partial charge in [-0.15, -0.1) is 0 Å². The van der Waals surface area contributed by atoms with E-state index in [9.17, 15) is 8.60 Å². The fourth-order valence-electron chi connectivity index (χ4n) is 1.96. The van der Waals surface area contributed by atoms with Gasteiger partial charge in [-0.25, -0.2) is 4.39 Å². The summed E-state index contributed by atoms with van der Waals surface area (Å²) in [5.74, 6) is -0.331. The van der Waals surface area contributed by atoms with Crippen LogP contribution >= 0.6 is 0 Å². The summed E-state index contributed by atoms with van der Waals surface area (Å²) in [6, 6.07) is 11.0. The molecule has 0 aliphatic carbocycles. The first-order chi connectivity index (χ1) is 9.49. The van der Waals surface area contributed by atoms with Gasteiger partial charge in [-0.1, -0.05) is 0 Å². The molecule has 3 nitrogen and oxygen atoms in total. The van der Waals surface area contributed by atoms with Crippen molar-refractivity contribution < 1.29 is 8.60 Å². The molecule has 0 heterocycles. The third-order valence-electron chi connectivity index (χ3n) is 2.83. The van der Waals surface area contributed by atoms with Crippen molar-refractivity contribution >= 4 is 16.5 Å². The third kappa shape index (κ3) is 3.22. The Morgan fingerprint density at radius 1 is 1.30 bits per heavy atom. The molecule has 0 fully saturated rings. The molecule has 5 heteroatoms. The lowest BCUT2D eigenvalue weighted by atomic mass is 10.1. The quantitative estimate of drug-likeness (QED) is 0.883. The van der Waals surface area contributed by atoms with E-state index in [1.165, 1.54) is 6.07 Å². The van der Waals surface area contributed by atoms with Crippen LogP contribution in [0.2, 0.25) is 0 Å². The molecule has 20 heavy (non-hydrogen) atoms. The Morgan fingerprint density at radius 3 is 2.70 bits per heavy atom. The maximum atomic E-state index is 13.3. The van der Waals surface area contributed by atoms with Crippen LogP contribution < -0.4 is 5.73 Å². The van der Waals surface area contributed by atoms with Gasteiger partial charge >= 0.3 is 0 Å². The molecule has 0 aliphatic rings. The smallest absolute Gasteiger partial charge is 0.124 e. The van der Waals surface area contributed by atoms with E-state index in [1.54, 1.807) is 24.3 Å². The number of anilines is 1. The minimum atomic E-state index is -1.30. The second kappa shape index (κ2) is 5.85. The van der Waals surface area contributed by atoms with E-state index in [2.05, 4.69) is 0 Å². The van der Waals surface area contributed by atoms with Crippen molar-refractivity contribution in [2.24, 2.45) is 0 Å². The zero-order valence-corrected chi connectivity index (χ0v) is 11.7. The monoisotopic (exact) mass is 288 g/mol. The lowest BCUT2D eigenvalue weighted by Gasteiger charge is -2.07. The molecule has 2 rings (SSSR count). The fourth-order valence-corrected chi connectivity index (χ4v) is 3.22. The van der Waals surface area contributed by atoms with Gasteiger partial charge in [0.25, 0.3) is 0 Å². The van der Waals surface area contributed by atoms with E-state index in [0.29, 0.717) is 16.1 Å². The number of nitrogen functional groups attached to an aromatic ring is 1. The highest BCUT2D eigenvalue weighted by Crippen LogP contribution is 2.20. The van der Waals surface area contributed by atoms with Gasteiger partial charge in [-0.2, -0.15) is 5.26 Å². The van der Waals surface area contributed by atoms with E-state index in [4.69, 9.17) is 11.0 Å². The SMILES string of the molecule is Cc1cc(N)ccc1S(=O)Cc1cc(F)cc(C#N)c1. The van der Waals surface area contributed by atoms with Gasteiger partial charge in [0.05, 0.1) is 28.2 Å². The molecule has 2 aromatic rings. The molecule has 102 valence electrons. The van der Waals surface area contributed by atoms with Crippen molar-refractivity contribution in [3.63, 3.8) is 0 Å². The second-order valence-electron chi connectivity index (χ2n) is 4.47. The molecule has 1 atom stereocenters. The van der Waals surface area contributed by atoms with Crippen molar-refractivity contribution in [1.82, 2.24) is 0 Å². The molecule has 0 radical (unpaired) electrons. The highest BCUT2D eigenvalue weighted by atomic mass is 32.2. The van der Waals surface area contributed by atoms with Crippen LogP contribution in [0, 0.1) is 24.1 Å². The summed E-state index contributed by atoms with van der Waals surface area (Å²) in [4.78, 5) is 0.668. The summed E-state index contributed by atoms with van der Waals surface area (Å²) in [5, 5.41) is 8.81. The zero-order chi connectivity index (χ0) is 14.7. The van der Waals surface area contributed by atoms with Crippen molar-refractivity contribution in [3.05, 3.63) is 58.9 Å². The standard InChI is InChI=1S/C15H13FN2OS/c1-10-4-14(18)2-3-15(10)20(19)9-12-5-11(8-17)6-13(16)7-12/h2-7H,9,18H2,1H3. The predicted molar refractivity (Wildman–Crippen MR) is 76.8 cm³/mol. The van der Waals surface area contributed by atoms with Gasteiger partial charge in [-0.3, -0.25) is 4.21 Å². The summed E-state index contributed by atoms with van der Waals surface area (Å²) >= 11 is 0. The van der Waals surface area contributed by atoms with Crippen LogP contribution in [0.5, 0.6) is 0 Å². The lowest BCUT2D eigenvalue weighted by Crippen LogP contribution is -2.00. The Balaban J connectivity index is 2.28. The number of rotatable bonds is 3. The molecule has 0 saturated carbocycles. The summed E-state index contributed by atoms with van der Waals surface area (Å²) in [7, 11) is -1.30. The first kappa shape index (κ1) is 14.2. The topological polar surface area (TPSA) is 66.9 Å². The van der Waals surface area contributed by atoms with Gasteiger partial charge in [0.2, 0.25) is 0 Å². The van der Waals surface area contributed by atoms with Crippen LogP contribution in [0.15, 0.2) is 41.3 Å². The highest BCUT2D eigenvalue weighted by Gasteiger charge is 2.10. The number of nitriles is 1. The Bertz CT molecular complexity index is 722. The van der Waals surface area contributed by atoms with Crippen molar-refractivity contribution in [1.29, 1.82) is 5.26 Å². The number of hydrogen-bond donors (Lipinski definition) is 1. The number of halogens is 1. The summed E-state index contributed by atoms with van der Waals surface area (Å²) < 4.78 is 25.7. The van der Waals surface area contributed by atoms with Crippen molar-refractivity contribution in [3.8, 4) is 6.07 Å². The van der Waals surface area contributed by atoms with E-state index >= 15 is 0 Å². The molecule has 2 aromatic carbocycles. The molecule has 0 aliphatic heterocycles. The van der Waals surface area contributed by atoms with Gasteiger partial charge < -0.3 is 5.73 Å². The third-order valence-corrected chi connectivity index (χ3v) is 4.37. The Labute approximate surface area is 119 Å². The van der Waals surface area contributed by atoms with Crippen molar-refractivity contribution in [2.45, 2.75) is 17.6 Å². The maximum absolute atomic E-state index is 13.3. The van der Waals surface area contributed by atoms with E-state index in [1.807, 2.05) is 13.0 Å². The molecular formula is C15H13FN2OS. The van der Waals surface area contributed by atoms with Crippen LogP contribution in [0.3, 0.4) is 0 Å². The lowest BCUT2D eigenvalue weighted by molar-refractivity contribution is 0.625. The van der Waals surface area contributed by atoms with Crippen LogP contribution in [0.4, 0.5) is 10.1 Å². The van der Waals surface area contributed by atoms with Crippen molar-refractivity contribution in [2.75, 3.05) is 5.73 Å². The zero-order valence-electron chi connectivity index (χ0n) is 10.9. The van der Waals surface area contributed by atoms with Gasteiger partial charge in [0.15, 0.2) is 0 Å². The van der Waals surface area contributed by atoms with Gasteiger partial charge in [0.1, 0.15) is 5.82 Å². The summed E-state index contributed by atoms with van der Waals surface area (Å²) in [6.07, 6.45) is 0. The van der Waals surface area contributed by atoms with Crippen LogP contribution in [-0.4, -0.2) is 4.21 Å². The predicted octanol–water partition coefficient (Wildman–Crippen LogP) is 2.90. The Hall–Kier alpha value is -2.19. The fraction of sp³-hybridized carbons (Fsp3) is 0.133. The first-order valence-corrected chi connectivity index (χ1v) is 7.25. The molecule has 0 bridgehead atoms. The van der Waals surface area contributed by atoms with Crippen LogP contribution in [0.25, 0.3) is 0 Å². The average Bonchev–Trinajstić information content (AvgIpc) is 2.37. The highest BCUT2D eigenvalue weighted by molar-refractivity contribution is 7.84. The molecule has 0 saturated heterocycles. The number of nitrogens with two attached hydrogens (primary N) is 1. The molecule has 0 aromatic heterocycles. The Kier molecular flexibility index (Phi) is 4.16. The van der Waals surface area contributed by atoms with E-state index in [0.717, 1.165) is 11.6 Å². The number of aryl methyl sites for hydroxylation is 1. The molecule has 1 unspecified atom stereocenters. The van der Waals surface area contributed by atoms with Crippen LogP contribution in [-0.2, 0) is 16.6 Å². The largest absolute Gasteiger partial charge is 0.399 e. The molecule has 2 N–H and O–H groups in total. The number of nitrogens with zero attached hydrogens (tertiary/aromatic N) is 1.